The van der Waals surface area contributed by atoms with E-state index in [1.807, 2.05) is 56.3 Å². The first-order chi connectivity index (χ1) is 18.9. The third kappa shape index (κ3) is 5.21. The van der Waals surface area contributed by atoms with Gasteiger partial charge < -0.3 is 14.2 Å². The number of esters is 1. The van der Waals surface area contributed by atoms with Crippen LogP contribution in [0, 0.1) is 0 Å². The molecule has 0 aliphatic carbocycles. The van der Waals surface area contributed by atoms with E-state index >= 15 is 0 Å². The van der Waals surface area contributed by atoms with Crippen molar-refractivity contribution in [2.24, 2.45) is 0 Å². The Bertz CT molecular complexity index is 1540. The number of nitrogens with zero attached hydrogens (tertiary/aromatic N) is 1. The van der Waals surface area contributed by atoms with Gasteiger partial charge in [-0.2, -0.15) is 0 Å². The van der Waals surface area contributed by atoms with Gasteiger partial charge in [0.2, 0.25) is 0 Å². The number of anilines is 1. The van der Waals surface area contributed by atoms with Crippen LogP contribution in [0.1, 0.15) is 52.6 Å². The summed E-state index contributed by atoms with van der Waals surface area (Å²) >= 11 is 0. The van der Waals surface area contributed by atoms with Crippen LogP contribution in [0.25, 0.3) is 10.8 Å². The highest BCUT2D eigenvalue weighted by molar-refractivity contribution is 6.39. The SMILES string of the molecule is CCOC(=O)Cc1ccc(N2C(=O)c3c(OC(C)C)cc4cccc(OCc5ccccc5)c4c3C2=O)cc1. The Labute approximate surface area is 226 Å². The number of benzene rings is 4. The number of hydrogen-bond donors (Lipinski definition) is 0. The zero-order valence-corrected chi connectivity index (χ0v) is 22.1. The molecule has 198 valence electrons. The number of ether oxygens (including phenoxy) is 3. The Morgan fingerprint density at radius 3 is 2.23 bits per heavy atom. The molecule has 4 aromatic carbocycles. The molecule has 0 N–H and O–H groups in total. The van der Waals surface area contributed by atoms with Crippen LogP contribution in [-0.4, -0.2) is 30.5 Å². The number of carbonyl (C=O) groups excluding carboxylic acids is 3. The molecule has 0 saturated carbocycles. The van der Waals surface area contributed by atoms with Gasteiger partial charge in [0.05, 0.1) is 35.9 Å². The molecule has 0 radical (unpaired) electrons. The zero-order valence-electron chi connectivity index (χ0n) is 22.1. The van der Waals surface area contributed by atoms with Gasteiger partial charge in [0, 0.05) is 5.39 Å². The second-order valence-corrected chi connectivity index (χ2v) is 9.51. The van der Waals surface area contributed by atoms with Gasteiger partial charge in [-0.1, -0.05) is 54.6 Å². The molecule has 0 bridgehead atoms. The third-order valence-corrected chi connectivity index (χ3v) is 6.37. The normalized spacial score (nSPS) is 12.7. The quantitative estimate of drug-likeness (QED) is 0.194. The molecule has 5 rings (SSSR count). The highest BCUT2D eigenvalue weighted by Crippen LogP contribution is 2.43. The number of rotatable bonds is 9. The Balaban J connectivity index is 1.57. The second kappa shape index (κ2) is 11.0. The van der Waals surface area contributed by atoms with Crippen LogP contribution in [-0.2, 0) is 22.6 Å². The average Bonchev–Trinajstić information content (AvgIpc) is 3.18. The number of hydrogen-bond acceptors (Lipinski definition) is 6. The Kier molecular flexibility index (Phi) is 7.32. The van der Waals surface area contributed by atoms with Crippen LogP contribution in [0.3, 0.4) is 0 Å². The van der Waals surface area contributed by atoms with Gasteiger partial charge in [0.15, 0.2) is 0 Å². The molecule has 0 atom stereocenters. The second-order valence-electron chi connectivity index (χ2n) is 9.51. The van der Waals surface area contributed by atoms with E-state index in [1.54, 1.807) is 43.3 Å². The van der Waals surface area contributed by atoms with Crippen LogP contribution < -0.4 is 14.4 Å². The molecule has 1 heterocycles. The van der Waals surface area contributed by atoms with E-state index in [0.717, 1.165) is 21.4 Å². The third-order valence-electron chi connectivity index (χ3n) is 6.37. The lowest BCUT2D eigenvalue weighted by Gasteiger charge is -2.16. The van der Waals surface area contributed by atoms with Crippen LogP contribution in [0.15, 0.2) is 78.9 Å². The minimum Gasteiger partial charge on any atom is -0.490 e. The van der Waals surface area contributed by atoms with Crippen molar-refractivity contribution in [3.05, 3.63) is 101 Å². The zero-order chi connectivity index (χ0) is 27.5. The molecule has 7 nitrogen and oxygen atoms in total. The van der Waals surface area contributed by atoms with Crippen molar-refractivity contribution in [2.75, 3.05) is 11.5 Å². The maximum absolute atomic E-state index is 14.0. The smallest absolute Gasteiger partial charge is 0.310 e. The van der Waals surface area contributed by atoms with Gasteiger partial charge in [0.1, 0.15) is 18.1 Å². The topological polar surface area (TPSA) is 82.1 Å². The first-order valence-electron chi connectivity index (χ1n) is 12.9. The predicted molar refractivity (Wildman–Crippen MR) is 148 cm³/mol. The Morgan fingerprint density at radius 1 is 0.821 bits per heavy atom. The van der Waals surface area contributed by atoms with E-state index in [4.69, 9.17) is 14.2 Å². The summed E-state index contributed by atoms with van der Waals surface area (Å²) in [4.78, 5) is 40.8. The monoisotopic (exact) mass is 523 g/mol. The first-order valence-corrected chi connectivity index (χ1v) is 12.9. The fraction of sp³-hybridized carbons (Fsp3) is 0.219. The molecule has 1 aliphatic heterocycles. The molecule has 0 unspecified atom stereocenters. The summed E-state index contributed by atoms with van der Waals surface area (Å²) in [6.07, 6.45) is -0.0989. The van der Waals surface area contributed by atoms with E-state index in [9.17, 15) is 14.4 Å². The summed E-state index contributed by atoms with van der Waals surface area (Å²) in [6.45, 7) is 6.11. The van der Waals surface area contributed by atoms with Crippen LogP contribution >= 0.6 is 0 Å². The lowest BCUT2D eigenvalue weighted by Crippen LogP contribution is -2.29. The molecule has 0 spiro atoms. The standard InChI is InChI=1S/C32H29NO6/c1-4-37-27(34)17-21-13-15-24(16-14-21)33-31(35)29-26(39-20(2)3)18-23-11-8-12-25(28(23)30(29)32(33)36)38-19-22-9-6-5-7-10-22/h5-16,18,20H,4,17,19H2,1-3H3. The van der Waals surface area contributed by atoms with E-state index in [2.05, 4.69) is 0 Å². The largest absolute Gasteiger partial charge is 0.490 e. The lowest BCUT2D eigenvalue weighted by molar-refractivity contribution is -0.142. The molecule has 7 heteroatoms. The molecular weight excluding hydrogens is 494 g/mol. The van der Waals surface area contributed by atoms with Crippen molar-refractivity contribution in [1.29, 1.82) is 0 Å². The van der Waals surface area contributed by atoms with Gasteiger partial charge >= 0.3 is 5.97 Å². The minimum absolute atomic E-state index is 0.107. The summed E-state index contributed by atoms with van der Waals surface area (Å²) in [7, 11) is 0. The van der Waals surface area contributed by atoms with Crippen molar-refractivity contribution in [2.45, 2.75) is 39.9 Å². The van der Waals surface area contributed by atoms with Crippen molar-refractivity contribution < 1.29 is 28.6 Å². The first kappa shape index (κ1) is 26.0. The predicted octanol–water partition coefficient (Wildman–Crippen LogP) is 6.11. The van der Waals surface area contributed by atoms with E-state index in [0.29, 0.717) is 35.8 Å². The van der Waals surface area contributed by atoms with Gasteiger partial charge in [-0.15, -0.1) is 0 Å². The van der Waals surface area contributed by atoms with Gasteiger partial charge in [-0.3, -0.25) is 14.4 Å². The van der Waals surface area contributed by atoms with Gasteiger partial charge in [-0.25, -0.2) is 4.90 Å². The summed E-state index contributed by atoms with van der Waals surface area (Å²) in [5, 5.41) is 1.31. The minimum atomic E-state index is -0.469. The van der Waals surface area contributed by atoms with Crippen molar-refractivity contribution in [3.8, 4) is 11.5 Å². The number of fused-ring (bicyclic) bond motifs is 3. The Morgan fingerprint density at radius 2 is 1.54 bits per heavy atom. The van der Waals surface area contributed by atoms with E-state index in [1.165, 1.54) is 0 Å². The highest BCUT2D eigenvalue weighted by Gasteiger charge is 2.42. The number of imide groups is 1. The summed E-state index contributed by atoms with van der Waals surface area (Å²) in [5.41, 5.74) is 2.58. The van der Waals surface area contributed by atoms with E-state index < -0.39 is 11.8 Å². The number of carbonyl (C=O) groups is 3. The van der Waals surface area contributed by atoms with Crippen LogP contribution in [0.4, 0.5) is 5.69 Å². The summed E-state index contributed by atoms with van der Waals surface area (Å²) in [6, 6.07) is 23.8. The maximum Gasteiger partial charge on any atom is 0.310 e. The molecule has 4 aromatic rings. The van der Waals surface area contributed by atoms with E-state index in [-0.39, 0.29) is 29.6 Å². The lowest BCUT2D eigenvalue weighted by atomic mass is 9.98. The fourth-order valence-corrected chi connectivity index (χ4v) is 4.72. The average molecular weight is 524 g/mol. The fourth-order valence-electron chi connectivity index (χ4n) is 4.72. The van der Waals surface area contributed by atoms with Gasteiger partial charge in [0.25, 0.3) is 11.8 Å². The van der Waals surface area contributed by atoms with Crippen molar-refractivity contribution in [3.63, 3.8) is 0 Å². The van der Waals surface area contributed by atoms with Crippen LogP contribution in [0.2, 0.25) is 0 Å². The van der Waals surface area contributed by atoms with Crippen molar-refractivity contribution >= 4 is 34.2 Å². The molecule has 0 aromatic heterocycles. The summed E-state index contributed by atoms with van der Waals surface area (Å²) < 4.78 is 17.2. The maximum atomic E-state index is 14.0. The van der Waals surface area contributed by atoms with Crippen molar-refractivity contribution in [1.82, 2.24) is 0 Å². The Hall–Kier alpha value is -4.65. The molecular formula is C32H29NO6. The summed E-state index contributed by atoms with van der Waals surface area (Å²) in [5.74, 6) is -0.397. The molecule has 39 heavy (non-hydrogen) atoms. The van der Waals surface area contributed by atoms with Gasteiger partial charge in [-0.05, 0) is 61.5 Å². The highest BCUT2D eigenvalue weighted by atomic mass is 16.5. The molecule has 1 aliphatic rings. The molecule has 0 saturated heterocycles. The molecule has 0 fully saturated rings. The molecule has 2 amide bonds. The van der Waals surface area contributed by atoms with Crippen LogP contribution in [0.5, 0.6) is 11.5 Å². The number of amides is 2.